The number of carbonyl (C=O) groups is 3. The molecule has 6 nitrogen and oxygen atoms in total. The van der Waals surface area contributed by atoms with Crippen molar-refractivity contribution < 1.29 is 28.6 Å². The fraction of sp³-hybridized carbons (Fsp3) is 0.946. The van der Waals surface area contributed by atoms with Crippen LogP contribution >= 0.6 is 0 Å². The van der Waals surface area contributed by atoms with Crippen LogP contribution in [-0.2, 0) is 28.6 Å². The van der Waals surface area contributed by atoms with Crippen molar-refractivity contribution in [2.24, 2.45) is 5.92 Å². The highest BCUT2D eigenvalue weighted by Crippen LogP contribution is 2.18. The van der Waals surface area contributed by atoms with E-state index in [-0.39, 0.29) is 31.1 Å². The Morgan fingerprint density at radius 2 is 0.532 bits per heavy atom. The molecule has 0 aliphatic rings. The topological polar surface area (TPSA) is 78.9 Å². The molecule has 0 fully saturated rings. The maximum atomic E-state index is 12.8. The molecule has 0 saturated heterocycles. The summed E-state index contributed by atoms with van der Waals surface area (Å²) in [4.78, 5) is 38.0. The van der Waals surface area contributed by atoms with E-state index in [0.29, 0.717) is 19.3 Å². The van der Waals surface area contributed by atoms with Crippen LogP contribution in [0.25, 0.3) is 0 Å². The molecule has 0 spiro atoms. The molecule has 0 bridgehead atoms. The summed E-state index contributed by atoms with van der Waals surface area (Å²) in [7, 11) is 0. The maximum absolute atomic E-state index is 12.8. The van der Waals surface area contributed by atoms with Crippen LogP contribution in [0.5, 0.6) is 0 Å². The fourth-order valence-corrected chi connectivity index (χ4v) is 8.57. The van der Waals surface area contributed by atoms with Crippen LogP contribution in [0.2, 0.25) is 0 Å². The van der Waals surface area contributed by atoms with Crippen molar-refractivity contribution in [3.05, 3.63) is 0 Å². The molecule has 0 amide bonds. The van der Waals surface area contributed by atoms with E-state index in [1.165, 1.54) is 212 Å². The van der Waals surface area contributed by atoms with Crippen molar-refractivity contribution in [1.29, 1.82) is 0 Å². The first-order chi connectivity index (χ1) is 30.4. The number of carbonyl (C=O) groups excluding carboxylic acids is 3. The molecule has 0 aromatic rings. The Morgan fingerprint density at radius 1 is 0.306 bits per heavy atom. The molecule has 0 aliphatic carbocycles. The number of hydrogen-bond donors (Lipinski definition) is 0. The van der Waals surface area contributed by atoms with E-state index < -0.39 is 6.10 Å². The molecule has 0 rings (SSSR count). The van der Waals surface area contributed by atoms with Crippen molar-refractivity contribution in [3.63, 3.8) is 0 Å². The lowest BCUT2D eigenvalue weighted by Gasteiger charge is -2.18. The average molecular weight is 877 g/mol. The molecule has 6 heteroatoms. The zero-order valence-corrected chi connectivity index (χ0v) is 42.3. The second-order valence-electron chi connectivity index (χ2n) is 19.7. The minimum Gasteiger partial charge on any atom is -0.462 e. The van der Waals surface area contributed by atoms with Gasteiger partial charge >= 0.3 is 17.9 Å². The van der Waals surface area contributed by atoms with Crippen molar-refractivity contribution >= 4 is 17.9 Å². The van der Waals surface area contributed by atoms with E-state index in [1.807, 2.05) is 0 Å². The predicted molar refractivity (Wildman–Crippen MR) is 266 cm³/mol. The summed E-state index contributed by atoms with van der Waals surface area (Å²) in [5, 5.41) is 0. The minimum absolute atomic E-state index is 0.0621. The zero-order valence-electron chi connectivity index (χ0n) is 42.3. The molecule has 0 radical (unpaired) electrons. The minimum atomic E-state index is -0.761. The number of ether oxygens (including phenoxy) is 3. The van der Waals surface area contributed by atoms with Gasteiger partial charge in [-0.3, -0.25) is 14.4 Å². The number of unbranched alkanes of at least 4 members (excludes halogenated alkanes) is 38. The van der Waals surface area contributed by atoms with Crippen LogP contribution in [0.3, 0.4) is 0 Å². The SMILES string of the molecule is CCCCCCCCCCCCCCCCCCC(=O)OC[C@H](COC(=O)CCCCCCCCCCCCCCCCC(C)C)OC(=O)CCCCCCCCCCCCC. The third kappa shape index (κ3) is 49.4. The number of esters is 3. The Labute approximate surface area is 387 Å². The highest BCUT2D eigenvalue weighted by molar-refractivity contribution is 5.71. The van der Waals surface area contributed by atoms with Gasteiger partial charge in [-0.15, -0.1) is 0 Å². The predicted octanol–water partition coefficient (Wildman–Crippen LogP) is 18.2. The van der Waals surface area contributed by atoms with Crippen molar-refractivity contribution in [3.8, 4) is 0 Å². The molecular formula is C56H108O6. The van der Waals surface area contributed by atoms with Crippen molar-refractivity contribution in [2.45, 2.75) is 323 Å². The van der Waals surface area contributed by atoms with Gasteiger partial charge in [-0.25, -0.2) is 0 Å². The van der Waals surface area contributed by atoms with Gasteiger partial charge in [0.2, 0.25) is 0 Å². The average Bonchev–Trinajstić information content (AvgIpc) is 3.26. The molecular weight excluding hydrogens is 769 g/mol. The van der Waals surface area contributed by atoms with Crippen LogP contribution in [0.15, 0.2) is 0 Å². The fourth-order valence-electron chi connectivity index (χ4n) is 8.57. The molecule has 0 N–H and O–H groups in total. The first-order valence-electron chi connectivity index (χ1n) is 27.9. The van der Waals surface area contributed by atoms with Gasteiger partial charge < -0.3 is 14.2 Å². The summed E-state index contributed by atoms with van der Waals surface area (Å²) in [6, 6.07) is 0. The molecule has 62 heavy (non-hydrogen) atoms. The third-order valence-electron chi connectivity index (χ3n) is 12.8. The molecule has 368 valence electrons. The van der Waals surface area contributed by atoms with E-state index in [0.717, 1.165) is 63.7 Å². The summed E-state index contributed by atoms with van der Waals surface area (Å²) in [5.41, 5.74) is 0. The lowest BCUT2D eigenvalue weighted by molar-refractivity contribution is -0.167. The summed E-state index contributed by atoms with van der Waals surface area (Å²) in [6.45, 7) is 9.05. The van der Waals surface area contributed by atoms with E-state index in [9.17, 15) is 14.4 Å². The highest BCUT2D eigenvalue weighted by atomic mass is 16.6. The second-order valence-corrected chi connectivity index (χ2v) is 19.7. The lowest BCUT2D eigenvalue weighted by Crippen LogP contribution is -2.30. The van der Waals surface area contributed by atoms with Gasteiger partial charge in [-0.1, -0.05) is 278 Å². The van der Waals surface area contributed by atoms with Crippen LogP contribution in [0, 0.1) is 5.92 Å². The van der Waals surface area contributed by atoms with Crippen molar-refractivity contribution in [1.82, 2.24) is 0 Å². The van der Waals surface area contributed by atoms with Gasteiger partial charge in [0.25, 0.3) is 0 Å². The van der Waals surface area contributed by atoms with Gasteiger partial charge in [0.1, 0.15) is 13.2 Å². The Hall–Kier alpha value is -1.59. The normalized spacial score (nSPS) is 12.0. The molecule has 1 atom stereocenters. The van der Waals surface area contributed by atoms with Gasteiger partial charge in [0, 0.05) is 19.3 Å². The zero-order chi connectivity index (χ0) is 45.2. The quantitative estimate of drug-likeness (QED) is 0.0344. The molecule has 0 saturated carbocycles. The second kappa shape index (κ2) is 50.4. The summed E-state index contributed by atoms with van der Waals surface area (Å²) in [6.07, 6.45) is 53.7. The van der Waals surface area contributed by atoms with Gasteiger partial charge in [-0.05, 0) is 25.2 Å². The summed E-state index contributed by atoms with van der Waals surface area (Å²) < 4.78 is 16.8. The first-order valence-corrected chi connectivity index (χ1v) is 27.9. The molecule has 0 aliphatic heterocycles. The number of hydrogen-bond acceptors (Lipinski definition) is 6. The van der Waals surface area contributed by atoms with Gasteiger partial charge in [0.05, 0.1) is 0 Å². The summed E-state index contributed by atoms with van der Waals surface area (Å²) in [5.74, 6) is 0.00599. The first kappa shape index (κ1) is 60.4. The van der Waals surface area contributed by atoms with Crippen LogP contribution < -0.4 is 0 Å². The van der Waals surface area contributed by atoms with Gasteiger partial charge in [0.15, 0.2) is 6.10 Å². The Kier molecular flexibility index (Phi) is 49.1. The van der Waals surface area contributed by atoms with E-state index in [2.05, 4.69) is 27.7 Å². The third-order valence-corrected chi connectivity index (χ3v) is 12.8. The van der Waals surface area contributed by atoms with Crippen LogP contribution in [-0.4, -0.2) is 37.2 Å². The van der Waals surface area contributed by atoms with Crippen LogP contribution in [0.1, 0.15) is 317 Å². The number of rotatable bonds is 51. The molecule has 0 unspecified atom stereocenters. The monoisotopic (exact) mass is 877 g/mol. The Balaban J connectivity index is 4.25. The smallest absolute Gasteiger partial charge is 0.306 e. The highest BCUT2D eigenvalue weighted by Gasteiger charge is 2.19. The van der Waals surface area contributed by atoms with E-state index in [1.54, 1.807) is 0 Å². The van der Waals surface area contributed by atoms with E-state index in [4.69, 9.17) is 14.2 Å². The lowest BCUT2D eigenvalue weighted by atomic mass is 10.0. The molecule has 0 heterocycles. The van der Waals surface area contributed by atoms with Crippen LogP contribution in [0.4, 0.5) is 0 Å². The Morgan fingerprint density at radius 3 is 0.790 bits per heavy atom. The van der Waals surface area contributed by atoms with Crippen molar-refractivity contribution in [2.75, 3.05) is 13.2 Å². The standard InChI is InChI=1S/C56H108O6/c1-5-7-9-11-13-15-17-18-19-20-24-28-31-35-39-43-47-54(57)60-50-53(62-56(59)49-45-41-37-33-26-16-14-12-10-8-6-2)51-61-55(58)48-44-40-36-32-29-25-22-21-23-27-30-34-38-42-46-52(3)4/h52-53H,5-51H2,1-4H3/t53-/m1/s1. The maximum Gasteiger partial charge on any atom is 0.306 e. The summed E-state index contributed by atoms with van der Waals surface area (Å²) >= 11 is 0. The largest absolute Gasteiger partial charge is 0.462 e. The molecule has 0 aromatic carbocycles. The van der Waals surface area contributed by atoms with E-state index >= 15 is 0 Å². The van der Waals surface area contributed by atoms with Gasteiger partial charge in [-0.2, -0.15) is 0 Å². The molecule has 0 aromatic heterocycles. The Bertz CT molecular complexity index is 933.